The number of halogens is 1. The van der Waals surface area contributed by atoms with Crippen molar-refractivity contribution in [2.45, 2.75) is 6.92 Å². The zero-order chi connectivity index (χ0) is 18.5. The van der Waals surface area contributed by atoms with Crippen LogP contribution in [0.1, 0.15) is 17.3 Å². The minimum absolute atomic E-state index is 0.173. The lowest BCUT2D eigenvalue weighted by Crippen LogP contribution is -2.46. The highest BCUT2D eigenvalue weighted by Crippen LogP contribution is 2.30. The number of amides is 1. The van der Waals surface area contributed by atoms with E-state index in [1.807, 2.05) is 18.2 Å². The Balaban J connectivity index is 1.66. The quantitative estimate of drug-likeness (QED) is 0.867. The highest BCUT2D eigenvalue weighted by molar-refractivity contribution is 6.33. The number of benzene rings is 2. The van der Waals surface area contributed by atoms with Crippen LogP contribution in [0.5, 0.6) is 5.75 Å². The second-order valence-electron chi connectivity index (χ2n) is 6.27. The number of carbonyl (C=O) groups is 1. The lowest BCUT2D eigenvalue weighted by atomic mass is 10.2. The number of rotatable bonds is 5. The fourth-order valence-electron chi connectivity index (χ4n) is 3.09. The molecule has 26 heavy (non-hydrogen) atoms. The molecular weight excluding hydrogens is 350 g/mol. The van der Waals surface area contributed by atoms with Crippen molar-refractivity contribution in [1.29, 1.82) is 0 Å². The maximum atomic E-state index is 12.4. The highest BCUT2D eigenvalue weighted by Gasteiger charge is 2.18. The number of methoxy groups -OCH3 is 1. The van der Waals surface area contributed by atoms with Gasteiger partial charge in [0.2, 0.25) is 0 Å². The summed E-state index contributed by atoms with van der Waals surface area (Å²) < 4.78 is 5.11. The molecule has 0 radical (unpaired) electrons. The van der Waals surface area contributed by atoms with Gasteiger partial charge in [0.1, 0.15) is 5.75 Å². The first-order chi connectivity index (χ1) is 12.6. The van der Waals surface area contributed by atoms with Crippen molar-refractivity contribution in [3.63, 3.8) is 0 Å². The Hall–Kier alpha value is -2.24. The summed E-state index contributed by atoms with van der Waals surface area (Å²) in [5.41, 5.74) is 2.28. The largest absolute Gasteiger partial charge is 0.497 e. The van der Waals surface area contributed by atoms with Gasteiger partial charge in [-0.15, -0.1) is 0 Å². The highest BCUT2D eigenvalue weighted by atomic mass is 35.5. The second-order valence-corrected chi connectivity index (χ2v) is 6.68. The third kappa shape index (κ3) is 4.29. The smallest absolute Gasteiger partial charge is 0.255 e. The molecule has 0 bridgehead atoms. The van der Waals surface area contributed by atoms with Gasteiger partial charge in [-0.1, -0.05) is 18.5 Å². The zero-order valence-corrected chi connectivity index (χ0v) is 15.9. The number of nitrogens with zero attached hydrogens (tertiary/aromatic N) is 2. The van der Waals surface area contributed by atoms with E-state index in [4.69, 9.17) is 16.3 Å². The van der Waals surface area contributed by atoms with Crippen LogP contribution in [-0.2, 0) is 0 Å². The SMILES string of the molecule is CCN1CCN(c2ccc(NC(=O)c3ccc(OC)cc3)cc2Cl)CC1. The number of anilines is 2. The Labute approximate surface area is 159 Å². The maximum absolute atomic E-state index is 12.4. The van der Waals surface area contributed by atoms with Gasteiger partial charge in [0, 0.05) is 37.4 Å². The average Bonchev–Trinajstić information content (AvgIpc) is 2.68. The van der Waals surface area contributed by atoms with Gasteiger partial charge >= 0.3 is 0 Å². The summed E-state index contributed by atoms with van der Waals surface area (Å²) in [5.74, 6) is 0.546. The zero-order valence-electron chi connectivity index (χ0n) is 15.2. The van der Waals surface area contributed by atoms with E-state index in [0.29, 0.717) is 16.3 Å². The van der Waals surface area contributed by atoms with Gasteiger partial charge in [-0.05, 0) is 49.0 Å². The van der Waals surface area contributed by atoms with Gasteiger partial charge < -0.3 is 19.9 Å². The molecule has 2 aromatic rings. The predicted octanol–water partition coefficient (Wildman–Crippen LogP) is 3.74. The molecule has 0 aliphatic carbocycles. The van der Waals surface area contributed by atoms with E-state index in [-0.39, 0.29) is 5.91 Å². The summed E-state index contributed by atoms with van der Waals surface area (Å²) in [4.78, 5) is 17.1. The summed E-state index contributed by atoms with van der Waals surface area (Å²) in [6, 6.07) is 12.7. The Kier molecular flexibility index (Phi) is 6.01. The summed E-state index contributed by atoms with van der Waals surface area (Å²) >= 11 is 6.48. The van der Waals surface area contributed by atoms with Gasteiger partial charge in [0.15, 0.2) is 0 Å². The van der Waals surface area contributed by atoms with Gasteiger partial charge in [-0.3, -0.25) is 4.79 Å². The molecule has 1 amide bonds. The van der Waals surface area contributed by atoms with E-state index in [0.717, 1.165) is 44.2 Å². The molecule has 0 aromatic heterocycles. The number of piperazine rings is 1. The molecule has 1 aliphatic rings. The number of hydrogen-bond donors (Lipinski definition) is 1. The van der Waals surface area contributed by atoms with E-state index in [9.17, 15) is 4.79 Å². The number of hydrogen-bond acceptors (Lipinski definition) is 4. The predicted molar refractivity (Wildman–Crippen MR) is 107 cm³/mol. The number of nitrogens with one attached hydrogen (secondary N) is 1. The van der Waals surface area contributed by atoms with E-state index in [1.54, 1.807) is 31.4 Å². The molecule has 1 aliphatic heterocycles. The van der Waals surface area contributed by atoms with Crippen molar-refractivity contribution in [2.75, 3.05) is 50.1 Å². The third-order valence-corrected chi connectivity index (χ3v) is 5.02. The normalized spacial score (nSPS) is 15.0. The molecule has 138 valence electrons. The molecular formula is C20H24ClN3O2. The number of carbonyl (C=O) groups excluding carboxylic acids is 1. The van der Waals surface area contributed by atoms with Crippen LogP contribution in [0.4, 0.5) is 11.4 Å². The molecule has 1 fully saturated rings. The Morgan fingerprint density at radius 3 is 2.38 bits per heavy atom. The standard InChI is InChI=1S/C20H24ClN3O2/c1-3-23-10-12-24(13-11-23)19-9-6-16(14-18(19)21)22-20(25)15-4-7-17(26-2)8-5-15/h4-9,14H,3,10-13H2,1-2H3,(H,22,25). The van der Waals surface area contributed by atoms with Crippen molar-refractivity contribution in [3.8, 4) is 5.75 Å². The first kappa shape index (κ1) is 18.5. The van der Waals surface area contributed by atoms with Crippen LogP contribution in [0.3, 0.4) is 0 Å². The number of ether oxygens (including phenoxy) is 1. The van der Waals surface area contributed by atoms with Crippen molar-refractivity contribution >= 4 is 28.9 Å². The van der Waals surface area contributed by atoms with Crippen LogP contribution in [0.2, 0.25) is 5.02 Å². The van der Waals surface area contributed by atoms with Gasteiger partial charge in [-0.2, -0.15) is 0 Å². The summed E-state index contributed by atoms with van der Waals surface area (Å²) in [6.45, 7) is 7.28. The molecule has 0 spiro atoms. The molecule has 0 saturated carbocycles. The van der Waals surface area contributed by atoms with Crippen LogP contribution < -0.4 is 15.0 Å². The maximum Gasteiger partial charge on any atom is 0.255 e. The van der Waals surface area contributed by atoms with E-state index < -0.39 is 0 Å². The molecule has 6 heteroatoms. The molecule has 3 rings (SSSR count). The van der Waals surface area contributed by atoms with Crippen LogP contribution in [-0.4, -0.2) is 50.6 Å². The summed E-state index contributed by atoms with van der Waals surface area (Å²) in [7, 11) is 1.60. The molecule has 0 unspecified atom stereocenters. The Morgan fingerprint density at radius 1 is 1.12 bits per heavy atom. The van der Waals surface area contributed by atoms with Crippen molar-refractivity contribution < 1.29 is 9.53 Å². The molecule has 2 aromatic carbocycles. The van der Waals surface area contributed by atoms with Crippen molar-refractivity contribution in [3.05, 3.63) is 53.1 Å². The minimum atomic E-state index is -0.173. The first-order valence-corrected chi connectivity index (χ1v) is 9.20. The molecule has 1 N–H and O–H groups in total. The van der Waals surface area contributed by atoms with Crippen LogP contribution >= 0.6 is 11.6 Å². The van der Waals surface area contributed by atoms with E-state index >= 15 is 0 Å². The van der Waals surface area contributed by atoms with Crippen LogP contribution in [0.15, 0.2) is 42.5 Å². The fourth-order valence-corrected chi connectivity index (χ4v) is 3.39. The van der Waals surface area contributed by atoms with Crippen molar-refractivity contribution in [2.24, 2.45) is 0 Å². The molecule has 0 atom stereocenters. The van der Waals surface area contributed by atoms with E-state index in [2.05, 4.69) is 22.0 Å². The van der Waals surface area contributed by atoms with Crippen molar-refractivity contribution in [1.82, 2.24) is 4.90 Å². The molecule has 1 heterocycles. The second kappa shape index (κ2) is 8.43. The van der Waals surface area contributed by atoms with Crippen LogP contribution in [0.25, 0.3) is 0 Å². The fraction of sp³-hybridized carbons (Fsp3) is 0.350. The lowest BCUT2D eigenvalue weighted by molar-refractivity contribution is 0.102. The average molecular weight is 374 g/mol. The summed E-state index contributed by atoms with van der Waals surface area (Å²) in [6.07, 6.45) is 0. The third-order valence-electron chi connectivity index (χ3n) is 4.72. The van der Waals surface area contributed by atoms with E-state index in [1.165, 1.54) is 0 Å². The molecule has 1 saturated heterocycles. The van der Waals surface area contributed by atoms with Gasteiger partial charge in [-0.25, -0.2) is 0 Å². The lowest BCUT2D eigenvalue weighted by Gasteiger charge is -2.36. The van der Waals surface area contributed by atoms with Gasteiger partial charge in [0.05, 0.1) is 17.8 Å². The molecule has 5 nitrogen and oxygen atoms in total. The van der Waals surface area contributed by atoms with Gasteiger partial charge in [0.25, 0.3) is 5.91 Å². The topological polar surface area (TPSA) is 44.8 Å². The first-order valence-electron chi connectivity index (χ1n) is 8.83. The minimum Gasteiger partial charge on any atom is -0.497 e. The monoisotopic (exact) mass is 373 g/mol. The van der Waals surface area contributed by atoms with Crippen LogP contribution in [0, 0.1) is 0 Å². The number of likely N-dealkylation sites (N-methyl/N-ethyl adjacent to an activating group) is 1. The Bertz CT molecular complexity index is 756. The Morgan fingerprint density at radius 2 is 1.81 bits per heavy atom. The summed E-state index contributed by atoms with van der Waals surface area (Å²) in [5, 5.41) is 3.55.